The van der Waals surface area contributed by atoms with Gasteiger partial charge in [0.1, 0.15) is 5.75 Å². The zero-order valence-electron chi connectivity index (χ0n) is 16.0. The lowest BCUT2D eigenvalue weighted by atomic mass is 9.77. The summed E-state index contributed by atoms with van der Waals surface area (Å²) in [5.74, 6) is 1.66. The lowest BCUT2D eigenvalue weighted by Crippen LogP contribution is -2.59. The van der Waals surface area contributed by atoms with Crippen molar-refractivity contribution in [2.45, 2.75) is 64.4 Å². The molecule has 142 valence electrons. The number of benzene rings is 1. The Morgan fingerprint density at radius 3 is 2.77 bits per heavy atom. The van der Waals surface area contributed by atoms with Crippen LogP contribution in [0.5, 0.6) is 5.75 Å². The van der Waals surface area contributed by atoms with Crippen LogP contribution < -0.4 is 4.74 Å². The first kappa shape index (κ1) is 17.8. The average molecular weight is 357 g/mol. The third-order valence-corrected chi connectivity index (χ3v) is 6.65. The number of rotatable bonds is 6. The second-order valence-electron chi connectivity index (χ2n) is 8.76. The van der Waals surface area contributed by atoms with E-state index < -0.39 is 0 Å². The van der Waals surface area contributed by atoms with Crippen LogP contribution in [0.3, 0.4) is 0 Å². The second kappa shape index (κ2) is 6.88. The van der Waals surface area contributed by atoms with Gasteiger partial charge in [-0.05, 0) is 74.6 Å². The van der Waals surface area contributed by atoms with E-state index in [0.717, 1.165) is 44.0 Å². The topological polar surface area (TPSA) is 49.8 Å². The molecule has 1 saturated heterocycles. The molecule has 1 unspecified atom stereocenters. The van der Waals surface area contributed by atoms with E-state index >= 15 is 0 Å². The van der Waals surface area contributed by atoms with E-state index in [-0.39, 0.29) is 30.0 Å². The second-order valence-corrected chi connectivity index (χ2v) is 8.76. The summed E-state index contributed by atoms with van der Waals surface area (Å²) in [4.78, 5) is 14.3. The van der Waals surface area contributed by atoms with Crippen LogP contribution in [0.25, 0.3) is 0 Å². The van der Waals surface area contributed by atoms with Crippen LogP contribution in [-0.2, 0) is 4.79 Å². The summed E-state index contributed by atoms with van der Waals surface area (Å²) in [6, 6.07) is 6.55. The maximum absolute atomic E-state index is 12.4. The Morgan fingerprint density at radius 1 is 1.35 bits per heavy atom. The van der Waals surface area contributed by atoms with Crippen LogP contribution in [-0.4, -0.2) is 41.7 Å². The van der Waals surface area contributed by atoms with Crippen LogP contribution in [0.4, 0.5) is 0 Å². The molecule has 0 bridgehead atoms. The summed E-state index contributed by atoms with van der Waals surface area (Å²) in [7, 11) is 0. The molecule has 2 saturated carbocycles. The van der Waals surface area contributed by atoms with Gasteiger partial charge in [-0.3, -0.25) is 4.79 Å². The average Bonchev–Trinajstić information content (AvgIpc) is 3.36. The molecule has 0 aromatic heterocycles. The van der Waals surface area contributed by atoms with Crippen LogP contribution in [0.15, 0.2) is 18.2 Å². The van der Waals surface area contributed by atoms with Gasteiger partial charge in [0, 0.05) is 18.5 Å². The molecule has 1 aromatic rings. The Balaban J connectivity index is 1.32. The molecule has 1 aliphatic heterocycles. The number of carbonyl (C=O) groups excluding carboxylic acids is 1. The van der Waals surface area contributed by atoms with Gasteiger partial charge in [-0.15, -0.1) is 0 Å². The highest BCUT2D eigenvalue weighted by atomic mass is 16.5. The molecule has 1 aromatic carbocycles. The smallest absolute Gasteiger partial charge is 0.228 e. The van der Waals surface area contributed by atoms with E-state index in [0.29, 0.717) is 6.42 Å². The molecular formula is C22H31NO3. The Labute approximate surface area is 156 Å². The van der Waals surface area contributed by atoms with Gasteiger partial charge in [0.25, 0.3) is 0 Å². The molecule has 1 spiro atoms. The van der Waals surface area contributed by atoms with Gasteiger partial charge < -0.3 is 14.7 Å². The third kappa shape index (κ3) is 3.36. The van der Waals surface area contributed by atoms with E-state index in [2.05, 4.69) is 25.1 Å². The summed E-state index contributed by atoms with van der Waals surface area (Å²) in [5.41, 5.74) is 3.09. The molecule has 1 amide bonds. The van der Waals surface area contributed by atoms with Crippen molar-refractivity contribution in [1.29, 1.82) is 0 Å². The normalized spacial score (nSPS) is 25.2. The number of ether oxygens (including phenoxy) is 1. The maximum Gasteiger partial charge on any atom is 0.228 e. The van der Waals surface area contributed by atoms with Gasteiger partial charge in [0.05, 0.1) is 18.6 Å². The van der Waals surface area contributed by atoms with E-state index in [4.69, 9.17) is 4.74 Å². The zero-order chi connectivity index (χ0) is 18.3. The summed E-state index contributed by atoms with van der Waals surface area (Å²) in [6.07, 6.45) is 6.85. The molecule has 3 aliphatic rings. The highest BCUT2D eigenvalue weighted by molar-refractivity contribution is 5.80. The highest BCUT2D eigenvalue weighted by Gasteiger charge is 2.50. The number of carbonyl (C=O) groups is 1. The lowest BCUT2D eigenvalue weighted by molar-refractivity contribution is -0.149. The standard InChI is InChI=1S/C22H31NO3/c1-3-16(12-24)21(25)23-13-22(14-23)9-8-19(11-22)26-18-7-4-15(2)20(10-18)17-5-6-17/h4,7,10,16-17,19,24H,3,5-6,8-9,11-14H2,1-2H3/t16-,19?/m1/s1. The predicted octanol–water partition coefficient (Wildman–Crippen LogP) is 3.65. The van der Waals surface area contributed by atoms with E-state index in [9.17, 15) is 9.90 Å². The molecule has 2 aliphatic carbocycles. The van der Waals surface area contributed by atoms with Crippen molar-refractivity contribution < 1.29 is 14.6 Å². The Kier molecular flexibility index (Phi) is 4.72. The Morgan fingerprint density at radius 2 is 2.12 bits per heavy atom. The van der Waals surface area contributed by atoms with E-state index in [1.807, 2.05) is 11.8 Å². The van der Waals surface area contributed by atoms with Crippen molar-refractivity contribution >= 4 is 5.91 Å². The number of hydrogen-bond acceptors (Lipinski definition) is 3. The van der Waals surface area contributed by atoms with Crippen LogP contribution >= 0.6 is 0 Å². The van der Waals surface area contributed by atoms with Crippen LogP contribution in [0, 0.1) is 18.3 Å². The fourth-order valence-electron chi connectivity index (χ4n) is 4.82. The fourth-order valence-corrected chi connectivity index (χ4v) is 4.82. The van der Waals surface area contributed by atoms with Crippen molar-refractivity contribution in [2.75, 3.05) is 19.7 Å². The van der Waals surface area contributed by atoms with Gasteiger partial charge in [-0.2, -0.15) is 0 Å². The fraction of sp³-hybridized carbons (Fsp3) is 0.682. The van der Waals surface area contributed by atoms with Crippen molar-refractivity contribution in [1.82, 2.24) is 4.90 Å². The number of nitrogens with zero attached hydrogens (tertiary/aromatic N) is 1. The third-order valence-electron chi connectivity index (χ3n) is 6.65. The van der Waals surface area contributed by atoms with Crippen molar-refractivity contribution in [3.05, 3.63) is 29.3 Å². The summed E-state index contributed by atoms with van der Waals surface area (Å²) < 4.78 is 6.32. The number of aryl methyl sites for hydroxylation is 1. The first-order chi connectivity index (χ1) is 12.5. The number of aliphatic hydroxyl groups is 1. The molecule has 3 fully saturated rings. The largest absolute Gasteiger partial charge is 0.490 e. The van der Waals surface area contributed by atoms with Crippen LogP contribution in [0.2, 0.25) is 0 Å². The van der Waals surface area contributed by atoms with E-state index in [1.54, 1.807) is 0 Å². The van der Waals surface area contributed by atoms with Crippen molar-refractivity contribution in [3.8, 4) is 5.75 Å². The lowest BCUT2D eigenvalue weighted by Gasteiger charge is -2.49. The van der Waals surface area contributed by atoms with Gasteiger partial charge in [0.15, 0.2) is 0 Å². The minimum atomic E-state index is -0.228. The van der Waals surface area contributed by atoms with Gasteiger partial charge in [-0.1, -0.05) is 13.0 Å². The monoisotopic (exact) mass is 357 g/mol. The molecule has 4 nitrogen and oxygen atoms in total. The number of amides is 1. The first-order valence-electron chi connectivity index (χ1n) is 10.2. The quantitative estimate of drug-likeness (QED) is 0.845. The minimum absolute atomic E-state index is 0.0404. The molecule has 1 N–H and O–H groups in total. The molecule has 4 rings (SSSR count). The van der Waals surface area contributed by atoms with Gasteiger partial charge in [-0.25, -0.2) is 0 Å². The zero-order valence-corrected chi connectivity index (χ0v) is 16.0. The summed E-state index contributed by atoms with van der Waals surface area (Å²) in [5, 5.41) is 9.35. The molecule has 0 radical (unpaired) electrons. The summed E-state index contributed by atoms with van der Waals surface area (Å²) >= 11 is 0. The van der Waals surface area contributed by atoms with Gasteiger partial charge in [0.2, 0.25) is 5.91 Å². The van der Waals surface area contributed by atoms with Gasteiger partial charge >= 0.3 is 0 Å². The molecular weight excluding hydrogens is 326 g/mol. The maximum atomic E-state index is 12.4. The number of hydrogen-bond donors (Lipinski definition) is 1. The summed E-state index contributed by atoms with van der Waals surface area (Å²) in [6.45, 7) is 5.79. The molecule has 4 heteroatoms. The minimum Gasteiger partial charge on any atom is -0.490 e. The predicted molar refractivity (Wildman–Crippen MR) is 101 cm³/mol. The molecule has 1 heterocycles. The van der Waals surface area contributed by atoms with Crippen LogP contribution in [0.1, 0.15) is 62.5 Å². The van der Waals surface area contributed by atoms with Crippen molar-refractivity contribution in [3.63, 3.8) is 0 Å². The van der Waals surface area contributed by atoms with Crippen molar-refractivity contribution in [2.24, 2.45) is 11.3 Å². The number of aliphatic hydroxyl groups excluding tert-OH is 1. The Bertz CT molecular complexity index is 672. The Hall–Kier alpha value is -1.55. The first-order valence-corrected chi connectivity index (χ1v) is 10.2. The number of likely N-dealkylation sites (tertiary alicyclic amines) is 1. The molecule has 26 heavy (non-hydrogen) atoms. The molecule has 2 atom stereocenters. The SMILES string of the molecule is CC[C@H](CO)C(=O)N1CC2(CCC(Oc3ccc(C)c(C4CC4)c3)C2)C1. The highest BCUT2D eigenvalue weighted by Crippen LogP contribution is 2.48. The van der Waals surface area contributed by atoms with E-state index in [1.165, 1.54) is 24.0 Å².